The molecule has 1 aliphatic heterocycles. The van der Waals surface area contributed by atoms with Gasteiger partial charge in [-0.3, -0.25) is 9.78 Å². The molecule has 0 radical (unpaired) electrons. The van der Waals surface area contributed by atoms with Crippen LogP contribution < -0.4 is 10.6 Å². The molecule has 0 spiro atoms. The lowest BCUT2D eigenvalue weighted by Gasteiger charge is -2.22. The van der Waals surface area contributed by atoms with E-state index in [4.69, 9.17) is 0 Å². The minimum absolute atomic E-state index is 0.147. The van der Waals surface area contributed by atoms with Crippen LogP contribution in [0.3, 0.4) is 0 Å². The smallest absolute Gasteiger partial charge is 0.220 e. The number of piperidine rings is 1. The molecule has 1 aliphatic rings. The SMILES string of the molecule is Cc1ccncc1CNC(=O)CCC1CCCNC1. The standard InChI is InChI=1S/C15H23N3O/c1-12-6-8-17-10-14(12)11-18-15(19)5-4-13-3-2-7-16-9-13/h6,8,10,13,16H,2-5,7,9,11H2,1H3,(H,18,19). The van der Waals surface area contributed by atoms with Crippen molar-refractivity contribution in [2.24, 2.45) is 5.92 Å². The lowest BCUT2D eigenvalue weighted by Crippen LogP contribution is -2.31. The van der Waals surface area contributed by atoms with Gasteiger partial charge in [0, 0.05) is 25.4 Å². The van der Waals surface area contributed by atoms with Crippen LogP contribution in [0.15, 0.2) is 18.5 Å². The number of nitrogens with one attached hydrogen (secondary N) is 2. The summed E-state index contributed by atoms with van der Waals surface area (Å²) >= 11 is 0. The van der Waals surface area contributed by atoms with Crippen LogP contribution >= 0.6 is 0 Å². The van der Waals surface area contributed by atoms with Crippen molar-refractivity contribution >= 4 is 5.91 Å². The number of pyridine rings is 1. The minimum Gasteiger partial charge on any atom is -0.352 e. The fourth-order valence-electron chi connectivity index (χ4n) is 2.47. The van der Waals surface area contributed by atoms with E-state index in [0.29, 0.717) is 18.9 Å². The van der Waals surface area contributed by atoms with Crippen LogP contribution in [-0.4, -0.2) is 24.0 Å². The van der Waals surface area contributed by atoms with Gasteiger partial charge in [0.2, 0.25) is 5.91 Å². The molecule has 4 nitrogen and oxygen atoms in total. The molecule has 2 rings (SSSR count). The van der Waals surface area contributed by atoms with Gasteiger partial charge in [-0.05, 0) is 62.4 Å². The van der Waals surface area contributed by atoms with Crippen LogP contribution in [0.2, 0.25) is 0 Å². The first-order chi connectivity index (χ1) is 9.25. The molecular formula is C15H23N3O. The number of carbonyl (C=O) groups excluding carboxylic acids is 1. The van der Waals surface area contributed by atoms with Gasteiger partial charge in [-0.25, -0.2) is 0 Å². The number of nitrogens with zero attached hydrogens (tertiary/aromatic N) is 1. The molecule has 1 unspecified atom stereocenters. The average molecular weight is 261 g/mol. The number of carbonyl (C=O) groups is 1. The fraction of sp³-hybridized carbons (Fsp3) is 0.600. The molecule has 1 atom stereocenters. The molecule has 1 aromatic rings. The van der Waals surface area contributed by atoms with Gasteiger partial charge in [0.05, 0.1) is 0 Å². The maximum atomic E-state index is 11.8. The second-order valence-electron chi connectivity index (χ2n) is 5.33. The van der Waals surface area contributed by atoms with Crippen molar-refractivity contribution in [2.75, 3.05) is 13.1 Å². The highest BCUT2D eigenvalue weighted by molar-refractivity contribution is 5.75. The van der Waals surface area contributed by atoms with Gasteiger partial charge < -0.3 is 10.6 Å². The normalized spacial score (nSPS) is 19.1. The van der Waals surface area contributed by atoms with E-state index in [1.165, 1.54) is 18.4 Å². The van der Waals surface area contributed by atoms with E-state index in [-0.39, 0.29) is 5.91 Å². The summed E-state index contributed by atoms with van der Waals surface area (Å²) in [6.45, 7) is 4.82. The number of hydrogen-bond acceptors (Lipinski definition) is 3. The zero-order valence-electron chi connectivity index (χ0n) is 11.6. The van der Waals surface area contributed by atoms with E-state index >= 15 is 0 Å². The largest absolute Gasteiger partial charge is 0.352 e. The van der Waals surface area contributed by atoms with Crippen molar-refractivity contribution < 1.29 is 4.79 Å². The summed E-state index contributed by atoms with van der Waals surface area (Å²) < 4.78 is 0. The highest BCUT2D eigenvalue weighted by atomic mass is 16.1. The van der Waals surface area contributed by atoms with E-state index < -0.39 is 0 Å². The van der Waals surface area contributed by atoms with E-state index in [2.05, 4.69) is 15.6 Å². The molecule has 0 aliphatic carbocycles. The second-order valence-corrected chi connectivity index (χ2v) is 5.33. The molecule has 4 heteroatoms. The molecule has 104 valence electrons. The van der Waals surface area contributed by atoms with Gasteiger partial charge in [0.15, 0.2) is 0 Å². The Kier molecular flexibility index (Phi) is 5.33. The predicted octanol–water partition coefficient (Wildman–Crippen LogP) is 1.79. The van der Waals surface area contributed by atoms with Gasteiger partial charge in [-0.1, -0.05) is 0 Å². The highest BCUT2D eigenvalue weighted by Crippen LogP contribution is 2.15. The molecule has 1 fully saturated rings. The van der Waals surface area contributed by atoms with Crippen LogP contribution in [0.1, 0.15) is 36.8 Å². The van der Waals surface area contributed by atoms with Crippen molar-refractivity contribution in [3.8, 4) is 0 Å². The van der Waals surface area contributed by atoms with Crippen LogP contribution in [0, 0.1) is 12.8 Å². The molecule has 1 aromatic heterocycles. The summed E-state index contributed by atoms with van der Waals surface area (Å²) in [7, 11) is 0. The molecule has 2 N–H and O–H groups in total. The Labute approximate surface area is 115 Å². The zero-order valence-corrected chi connectivity index (χ0v) is 11.6. The molecule has 0 aromatic carbocycles. The Balaban J connectivity index is 1.68. The number of aryl methyl sites for hydroxylation is 1. The van der Waals surface area contributed by atoms with E-state index in [1.54, 1.807) is 6.20 Å². The molecule has 2 heterocycles. The van der Waals surface area contributed by atoms with Gasteiger partial charge in [-0.2, -0.15) is 0 Å². The number of aromatic nitrogens is 1. The maximum absolute atomic E-state index is 11.8. The first kappa shape index (κ1) is 14.0. The topological polar surface area (TPSA) is 54.0 Å². The second kappa shape index (κ2) is 7.24. The lowest BCUT2D eigenvalue weighted by molar-refractivity contribution is -0.121. The highest BCUT2D eigenvalue weighted by Gasteiger charge is 2.14. The van der Waals surface area contributed by atoms with Crippen molar-refractivity contribution in [3.05, 3.63) is 29.6 Å². The van der Waals surface area contributed by atoms with Gasteiger partial charge >= 0.3 is 0 Å². The number of hydrogen-bond donors (Lipinski definition) is 2. The van der Waals surface area contributed by atoms with E-state index in [0.717, 1.165) is 25.1 Å². The van der Waals surface area contributed by atoms with Crippen LogP contribution in [0.5, 0.6) is 0 Å². The Morgan fingerprint density at radius 1 is 1.58 bits per heavy atom. The van der Waals surface area contributed by atoms with Crippen molar-refractivity contribution in [1.82, 2.24) is 15.6 Å². The zero-order chi connectivity index (χ0) is 13.5. The first-order valence-corrected chi connectivity index (χ1v) is 7.12. The molecule has 0 saturated carbocycles. The van der Waals surface area contributed by atoms with Crippen molar-refractivity contribution in [1.29, 1.82) is 0 Å². The summed E-state index contributed by atoms with van der Waals surface area (Å²) in [5.41, 5.74) is 2.27. The van der Waals surface area contributed by atoms with E-state index in [1.807, 2.05) is 19.2 Å². The van der Waals surface area contributed by atoms with Gasteiger partial charge in [0.25, 0.3) is 0 Å². The summed E-state index contributed by atoms with van der Waals surface area (Å²) in [5.74, 6) is 0.813. The summed E-state index contributed by atoms with van der Waals surface area (Å²) in [6.07, 6.45) is 7.71. The molecule has 0 bridgehead atoms. The maximum Gasteiger partial charge on any atom is 0.220 e. The van der Waals surface area contributed by atoms with Crippen molar-refractivity contribution in [3.63, 3.8) is 0 Å². The monoisotopic (exact) mass is 261 g/mol. The van der Waals surface area contributed by atoms with E-state index in [9.17, 15) is 4.79 Å². The summed E-state index contributed by atoms with van der Waals surface area (Å²) in [4.78, 5) is 15.9. The Hall–Kier alpha value is -1.42. The first-order valence-electron chi connectivity index (χ1n) is 7.12. The molecule has 1 amide bonds. The molecule has 1 saturated heterocycles. The fourth-order valence-corrected chi connectivity index (χ4v) is 2.47. The third kappa shape index (κ3) is 4.63. The Bertz CT molecular complexity index is 414. The third-order valence-electron chi connectivity index (χ3n) is 3.80. The number of amides is 1. The number of rotatable bonds is 5. The van der Waals surface area contributed by atoms with Crippen LogP contribution in [0.4, 0.5) is 0 Å². The quantitative estimate of drug-likeness (QED) is 0.849. The minimum atomic E-state index is 0.147. The average Bonchev–Trinajstić information content (AvgIpc) is 2.45. The predicted molar refractivity (Wildman–Crippen MR) is 75.6 cm³/mol. The Morgan fingerprint density at radius 2 is 2.47 bits per heavy atom. The van der Waals surface area contributed by atoms with Crippen LogP contribution in [0.25, 0.3) is 0 Å². The van der Waals surface area contributed by atoms with Crippen molar-refractivity contribution in [2.45, 2.75) is 39.2 Å². The summed E-state index contributed by atoms with van der Waals surface area (Å²) in [6, 6.07) is 1.97. The third-order valence-corrected chi connectivity index (χ3v) is 3.80. The summed E-state index contributed by atoms with van der Waals surface area (Å²) in [5, 5.41) is 6.36. The molecule has 19 heavy (non-hydrogen) atoms. The lowest BCUT2D eigenvalue weighted by atomic mass is 9.94. The van der Waals surface area contributed by atoms with Gasteiger partial charge in [0.1, 0.15) is 0 Å². The molecular weight excluding hydrogens is 238 g/mol. The Morgan fingerprint density at radius 3 is 3.21 bits per heavy atom. The van der Waals surface area contributed by atoms with Crippen LogP contribution in [-0.2, 0) is 11.3 Å². The van der Waals surface area contributed by atoms with Gasteiger partial charge in [-0.15, -0.1) is 0 Å².